The van der Waals surface area contributed by atoms with Crippen LogP contribution in [0.1, 0.15) is 20.3 Å². The third-order valence-electron chi connectivity index (χ3n) is 2.49. The van der Waals surface area contributed by atoms with Crippen LogP contribution in [0, 0.1) is 0 Å². The minimum atomic E-state index is -0.981. The minimum Gasteiger partial charge on any atom is -0.478 e. The van der Waals surface area contributed by atoms with E-state index in [1.807, 2.05) is 0 Å². The first-order chi connectivity index (χ1) is 12.0. The lowest BCUT2D eigenvalue weighted by Gasteiger charge is -2.18. The molecule has 0 aliphatic carbocycles. The molecule has 0 fully saturated rings. The van der Waals surface area contributed by atoms with Gasteiger partial charge in [-0.25, -0.2) is 19.2 Å². The molecule has 26 heavy (non-hydrogen) atoms. The number of hydrogen-bond donors (Lipinski definition) is 1. The van der Waals surface area contributed by atoms with Gasteiger partial charge in [0.05, 0.1) is 7.11 Å². The van der Waals surface area contributed by atoms with Gasteiger partial charge in [0, 0.05) is 29.2 Å². The van der Waals surface area contributed by atoms with Gasteiger partial charge < -0.3 is 19.3 Å². The van der Waals surface area contributed by atoms with Crippen LogP contribution >= 0.6 is 0 Å². The molecule has 0 spiro atoms. The summed E-state index contributed by atoms with van der Waals surface area (Å²) >= 11 is 0. The van der Waals surface area contributed by atoms with Crippen LogP contribution in [-0.2, 0) is 33.4 Å². The van der Waals surface area contributed by atoms with Crippen LogP contribution < -0.4 is 0 Å². The zero-order chi connectivity index (χ0) is 20.9. The Kier molecular flexibility index (Phi) is 12.7. The van der Waals surface area contributed by atoms with Crippen molar-refractivity contribution >= 4 is 23.9 Å². The summed E-state index contributed by atoms with van der Waals surface area (Å²) in [4.78, 5) is 43.4. The topological polar surface area (TPSA) is 116 Å². The fraction of sp³-hybridized carbons (Fsp3) is 0.333. The largest absolute Gasteiger partial charge is 0.478 e. The Morgan fingerprint density at radius 2 is 1.46 bits per heavy atom. The molecule has 0 saturated carbocycles. The van der Waals surface area contributed by atoms with E-state index in [0.29, 0.717) is 0 Å². The van der Waals surface area contributed by atoms with E-state index >= 15 is 0 Å². The molecular weight excluding hydrogens is 344 g/mol. The second-order valence-electron chi connectivity index (χ2n) is 5.03. The Morgan fingerprint density at radius 1 is 1.00 bits per heavy atom. The van der Waals surface area contributed by atoms with Gasteiger partial charge in [-0.3, -0.25) is 0 Å². The average molecular weight is 368 g/mol. The van der Waals surface area contributed by atoms with Crippen LogP contribution in [0.15, 0.2) is 49.1 Å². The fourth-order valence-corrected chi connectivity index (χ4v) is 1.18. The first kappa shape index (κ1) is 25.1. The Morgan fingerprint density at radius 3 is 1.81 bits per heavy atom. The summed E-state index contributed by atoms with van der Waals surface area (Å²) in [5.74, 6) is -2.87. The highest BCUT2D eigenvalue weighted by molar-refractivity contribution is 5.89. The van der Waals surface area contributed by atoms with E-state index in [9.17, 15) is 19.2 Å². The quantitative estimate of drug-likeness (QED) is 0.373. The average Bonchev–Trinajstić information content (AvgIpc) is 2.58. The van der Waals surface area contributed by atoms with Crippen molar-refractivity contribution in [2.75, 3.05) is 13.7 Å². The zero-order valence-corrected chi connectivity index (χ0v) is 15.2. The summed E-state index contributed by atoms with van der Waals surface area (Å²) in [6.45, 7) is 16.1. The van der Waals surface area contributed by atoms with Crippen molar-refractivity contribution < 1.29 is 38.5 Å². The van der Waals surface area contributed by atoms with Crippen LogP contribution in [0.2, 0.25) is 0 Å². The summed E-state index contributed by atoms with van der Waals surface area (Å²) in [7, 11) is 1.21. The number of aliphatic carboxylic acids is 1. The molecule has 0 saturated heterocycles. The summed E-state index contributed by atoms with van der Waals surface area (Å²) in [5.41, 5.74) is 0.505. The highest BCUT2D eigenvalue weighted by atomic mass is 16.6. The van der Waals surface area contributed by atoms with Gasteiger partial charge in [-0.05, 0) is 13.8 Å². The number of esters is 3. The van der Waals surface area contributed by atoms with Crippen LogP contribution in [-0.4, -0.2) is 48.8 Å². The fourth-order valence-electron chi connectivity index (χ4n) is 1.18. The molecule has 0 aliphatic rings. The van der Waals surface area contributed by atoms with Crippen molar-refractivity contribution in [3.05, 3.63) is 49.1 Å². The van der Waals surface area contributed by atoms with E-state index in [-0.39, 0.29) is 29.7 Å². The second kappa shape index (κ2) is 13.2. The van der Waals surface area contributed by atoms with Crippen LogP contribution in [0.5, 0.6) is 0 Å². The Hall–Kier alpha value is -3.16. The summed E-state index contributed by atoms with van der Waals surface area (Å²) < 4.78 is 14.5. The molecule has 0 bridgehead atoms. The number of ether oxygens (including phenoxy) is 3. The van der Waals surface area contributed by atoms with Gasteiger partial charge in [0.25, 0.3) is 0 Å². The third-order valence-corrected chi connectivity index (χ3v) is 2.49. The maximum absolute atomic E-state index is 11.5. The standard InChI is InChI=1S/C15H20O6.C3H4O2/c1-9(2)13(16)20-8-12(21-14(17)10(3)4)7-11(5)15(18)19-6;1-2-3(4)5/h12H,1,3,5,7-8H2,2,4,6H3;2H,1H2,(H,4,5). The molecule has 8 heteroatoms. The van der Waals surface area contributed by atoms with E-state index in [4.69, 9.17) is 14.6 Å². The molecule has 1 atom stereocenters. The minimum absolute atomic E-state index is 0.0187. The highest BCUT2D eigenvalue weighted by Crippen LogP contribution is 2.12. The number of carbonyl (C=O) groups is 4. The maximum atomic E-state index is 11.5. The molecule has 0 aromatic heterocycles. The Labute approximate surface area is 152 Å². The van der Waals surface area contributed by atoms with Crippen molar-refractivity contribution in [3.8, 4) is 0 Å². The lowest BCUT2D eigenvalue weighted by atomic mass is 10.1. The molecule has 144 valence electrons. The molecule has 0 aromatic carbocycles. The summed E-state index contributed by atoms with van der Waals surface area (Å²) in [5, 5.41) is 7.60. The monoisotopic (exact) mass is 368 g/mol. The molecule has 0 rings (SSSR count). The normalized spacial score (nSPS) is 10.1. The van der Waals surface area contributed by atoms with E-state index in [2.05, 4.69) is 31.1 Å². The molecule has 0 amide bonds. The maximum Gasteiger partial charge on any atom is 0.333 e. The van der Waals surface area contributed by atoms with Crippen molar-refractivity contribution in [2.24, 2.45) is 0 Å². The van der Waals surface area contributed by atoms with Crippen LogP contribution in [0.3, 0.4) is 0 Å². The molecule has 1 N–H and O–H groups in total. The third kappa shape index (κ3) is 12.3. The van der Waals surface area contributed by atoms with Gasteiger partial charge in [-0.1, -0.05) is 26.3 Å². The molecular formula is C18H24O8. The van der Waals surface area contributed by atoms with Gasteiger partial charge in [0.15, 0.2) is 0 Å². The van der Waals surface area contributed by atoms with Gasteiger partial charge in [-0.2, -0.15) is 0 Å². The van der Waals surface area contributed by atoms with Crippen molar-refractivity contribution in [3.63, 3.8) is 0 Å². The molecule has 0 radical (unpaired) electrons. The van der Waals surface area contributed by atoms with Crippen molar-refractivity contribution in [1.82, 2.24) is 0 Å². The predicted molar refractivity (Wildman–Crippen MR) is 94.1 cm³/mol. The smallest absolute Gasteiger partial charge is 0.333 e. The number of carboxylic acids is 1. The lowest BCUT2D eigenvalue weighted by Crippen LogP contribution is -2.27. The molecule has 0 aromatic rings. The number of rotatable bonds is 9. The second-order valence-corrected chi connectivity index (χ2v) is 5.03. The Balaban J connectivity index is 0. The van der Waals surface area contributed by atoms with Crippen molar-refractivity contribution in [1.29, 1.82) is 0 Å². The van der Waals surface area contributed by atoms with E-state index in [1.165, 1.54) is 21.0 Å². The number of hydrogen-bond acceptors (Lipinski definition) is 7. The summed E-state index contributed by atoms with van der Waals surface area (Å²) in [6, 6.07) is 0. The van der Waals surface area contributed by atoms with E-state index < -0.39 is 30.0 Å². The molecule has 1 unspecified atom stereocenters. The molecule has 8 nitrogen and oxygen atoms in total. The van der Waals surface area contributed by atoms with Crippen LogP contribution in [0.4, 0.5) is 0 Å². The zero-order valence-electron chi connectivity index (χ0n) is 15.2. The van der Waals surface area contributed by atoms with E-state index in [1.54, 1.807) is 0 Å². The lowest BCUT2D eigenvalue weighted by molar-refractivity contribution is -0.154. The Bertz CT molecular complexity index is 600. The first-order valence-electron chi connectivity index (χ1n) is 7.26. The van der Waals surface area contributed by atoms with E-state index in [0.717, 1.165) is 6.08 Å². The number of carbonyl (C=O) groups excluding carboxylic acids is 3. The molecule has 0 heterocycles. The predicted octanol–water partition coefficient (Wildman–Crippen LogP) is 1.97. The van der Waals surface area contributed by atoms with Gasteiger partial charge in [0.1, 0.15) is 12.7 Å². The summed E-state index contributed by atoms with van der Waals surface area (Å²) in [6.07, 6.45) is -0.0427. The first-order valence-corrected chi connectivity index (χ1v) is 7.26. The molecule has 0 aliphatic heterocycles. The number of methoxy groups -OCH3 is 1. The SMILES string of the molecule is C=C(C)C(=O)OCC(CC(=C)C(=O)OC)OC(=O)C(=C)C.C=CC(=O)O. The highest BCUT2D eigenvalue weighted by Gasteiger charge is 2.21. The van der Waals surface area contributed by atoms with Crippen molar-refractivity contribution in [2.45, 2.75) is 26.4 Å². The van der Waals surface area contributed by atoms with Gasteiger partial charge in [0.2, 0.25) is 0 Å². The van der Waals surface area contributed by atoms with Gasteiger partial charge in [-0.15, -0.1) is 0 Å². The van der Waals surface area contributed by atoms with Crippen LogP contribution in [0.25, 0.3) is 0 Å². The number of carboxylic acid groups (broad SMARTS) is 1. The van der Waals surface area contributed by atoms with Gasteiger partial charge >= 0.3 is 23.9 Å².